The van der Waals surface area contributed by atoms with Gasteiger partial charge in [-0.3, -0.25) is 4.99 Å². The lowest BCUT2D eigenvalue weighted by atomic mass is 9.90. The first-order valence-corrected chi connectivity index (χ1v) is 4.92. The summed E-state index contributed by atoms with van der Waals surface area (Å²) in [4.78, 5) is 4.43. The highest BCUT2D eigenvalue weighted by molar-refractivity contribution is 5.96. The first-order chi connectivity index (χ1) is 6.12. The lowest BCUT2D eigenvalue weighted by molar-refractivity contribution is 0.483. The number of rotatable bonds is 3. The van der Waals surface area contributed by atoms with Crippen LogP contribution in [-0.2, 0) is 0 Å². The van der Waals surface area contributed by atoms with Crippen molar-refractivity contribution in [3.05, 3.63) is 11.8 Å². The van der Waals surface area contributed by atoms with Crippen molar-refractivity contribution in [2.24, 2.45) is 16.5 Å². The minimum absolute atomic E-state index is 0.392. The van der Waals surface area contributed by atoms with E-state index < -0.39 is 5.54 Å². The van der Waals surface area contributed by atoms with Crippen molar-refractivity contribution >= 4 is 5.71 Å². The van der Waals surface area contributed by atoms with Gasteiger partial charge in [0.2, 0.25) is 0 Å². The highest BCUT2D eigenvalue weighted by atomic mass is 14.9. The smallest absolute Gasteiger partial charge is 0.0751 e. The Labute approximate surface area is 79.9 Å². The molecule has 74 valence electrons. The molecule has 0 amide bonds. The maximum absolute atomic E-state index is 6.06. The van der Waals surface area contributed by atoms with E-state index >= 15 is 0 Å². The maximum atomic E-state index is 6.06. The van der Waals surface area contributed by atoms with Crippen molar-refractivity contribution in [3.63, 3.8) is 0 Å². The van der Waals surface area contributed by atoms with E-state index in [-0.39, 0.29) is 0 Å². The Balaban J connectivity index is 2.74. The number of nitrogens with zero attached hydrogens (tertiary/aromatic N) is 1. The number of hydrogen-bond donors (Lipinski definition) is 2. The molecule has 1 unspecified atom stereocenters. The zero-order chi connectivity index (χ0) is 9.90. The van der Waals surface area contributed by atoms with Gasteiger partial charge < -0.3 is 11.5 Å². The minimum Gasteiger partial charge on any atom is -0.400 e. The first-order valence-electron chi connectivity index (χ1n) is 4.92. The van der Waals surface area contributed by atoms with Crippen LogP contribution in [0, 0.1) is 0 Å². The van der Waals surface area contributed by atoms with Crippen LogP contribution in [0.25, 0.3) is 0 Å². The van der Waals surface area contributed by atoms with Gasteiger partial charge in [0, 0.05) is 11.4 Å². The summed E-state index contributed by atoms with van der Waals surface area (Å²) in [5, 5.41) is 0. The van der Waals surface area contributed by atoms with E-state index in [0.29, 0.717) is 6.54 Å². The molecular weight excluding hydrogens is 162 g/mol. The van der Waals surface area contributed by atoms with Crippen LogP contribution in [0.1, 0.15) is 33.1 Å². The summed E-state index contributed by atoms with van der Waals surface area (Å²) in [6.07, 6.45) is 4.89. The highest BCUT2D eigenvalue weighted by Gasteiger charge is 2.28. The normalized spacial score (nSPS) is 28.2. The lowest BCUT2D eigenvalue weighted by Crippen LogP contribution is -2.49. The third-order valence-electron chi connectivity index (χ3n) is 2.60. The molecule has 4 N–H and O–H groups in total. The van der Waals surface area contributed by atoms with E-state index in [0.717, 1.165) is 30.7 Å². The van der Waals surface area contributed by atoms with Crippen molar-refractivity contribution in [2.45, 2.75) is 38.6 Å². The van der Waals surface area contributed by atoms with Gasteiger partial charge in [-0.05, 0) is 18.9 Å². The monoisotopic (exact) mass is 181 g/mol. The molecular formula is C10H19N3. The number of aliphatic imine (C=N–C) groups is 1. The van der Waals surface area contributed by atoms with Gasteiger partial charge in [0.1, 0.15) is 0 Å². The van der Waals surface area contributed by atoms with Gasteiger partial charge in [-0.2, -0.15) is 0 Å². The molecule has 1 rings (SSSR count). The van der Waals surface area contributed by atoms with Crippen molar-refractivity contribution in [1.29, 1.82) is 0 Å². The predicted octanol–water partition coefficient (Wildman–Crippen LogP) is 1.19. The minimum atomic E-state index is -0.392. The van der Waals surface area contributed by atoms with Gasteiger partial charge in [-0.25, -0.2) is 0 Å². The standard InChI is InChI=1S/C10H19N3/c1-3-5-8-6-9(11)10(12,4-2)7-13-8/h6H,3-5,7,11-12H2,1-2H3. The third-order valence-corrected chi connectivity index (χ3v) is 2.60. The van der Waals surface area contributed by atoms with Crippen LogP contribution < -0.4 is 11.5 Å². The fourth-order valence-corrected chi connectivity index (χ4v) is 1.43. The second-order valence-electron chi connectivity index (χ2n) is 3.67. The summed E-state index contributed by atoms with van der Waals surface area (Å²) >= 11 is 0. The Morgan fingerprint density at radius 2 is 2.23 bits per heavy atom. The van der Waals surface area contributed by atoms with E-state index in [4.69, 9.17) is 11.5 Å². The molecule has 3 nitrogen and oxygen atoms in total. The fourth-order valence-electron chi connectivity index (χ4n) is 1.43. The van der Waals surface area contributed by atoms with Gasteiger partial charge in [0.25, 0.3) is 0 Å². The quantitative estimate of drug-likeness (QED) is 0.687. The number of dihydropyridines is 1. The highest BCUT2D eigenvalue weighted by Crippen LogP contribution is 2.19. The van der Waals surface area contributed by atoms with E-state index in [1.165, 1.54) is 0 Å². The number of nitrogens with two attached hydrogens (primary N) is 2. The van der Waals surface area contributed by atoms with Crippen molar-refractivity contribution < 1.29 is 0 Å². The molecule has 1 aliphatic heterocycles. The molecule has 1 aliphatic rings. The summed E-state index contributed by atoms with van der Waals surface area (Å²) in [5.41, 5.74) is 13.4. The van der Waals surface area contributed by atoms with Gasteiger partial charge in [0.05, 0.1) is 12.1 Å². The third kappa shape index (κ3) is 2.10. The topological polar surface area (TPSA) is 64.4 Å². The first kappa shape index (κ1) is 10.3. The number of hydrogen-bond acceptors (Lipinski definition) is 3. The van der Waals surface area contributed by atoms with Gasteiger partial charge in [-0.15, -0.1) is 0 Å². The van der Waals surface area contributed by atoms with Gasteiger partial charge in [0.15, 0.2) is 0 Å². The van der Waals surface area contributed by atoms with E-state index in [1.54, 1.807) is 0 Å². The molecule has 0 saturated carbocycles. The van der Waals surface area contributed by atoms with Crippen molar-refractivity contribution in [1.82, 2.24) is 0 Å². The Bertz CT molecular complexity index is 243. The molecule has 0 radical (unpaired) electrons. The van der Waals surface area contributed by atoms with Crippen LogP contribution in [0.3, 0.4) is 0 Å². The molecule has 0 aromatic heterocycles. The summed E-state index contributed by atoms with van der Waals surface area (Å²) in [6, 6.07) is 0. The zero-order valence-electron chi connectivity index (χ0n) is 8.51. The Kier molecular flexibility index (Phi) is 3.09. The van der Waals surface area contributed by atoms with Crippen molar-refractivity contribution in [2.75, 3.05) is 6.54 Å². The summed E-state index contributed by atoms with van der Waals surface area (Å²) in [6.45, 7) is 4.82. The van der Waals surface area contributed by atoms with E-state index in [2.05, 4.69) is 11.9 Å². The Morgan fingerprint density at radius 3 is 2.69 bits per heavy atom. The van der Waals surface area contributed by atoms with Gasteiger partial charge in [-0.1, -0.05) is 20.3 Å². The van der Waals surface area contributed by atoms with E-state index in [9.17, 15) is 0 Å². The second kappa shape index (κ2) is 3.92. The molecule has 0 bridgehead atoms. The number of allylic oxidation sites excluding steroid dienone is 1. The molecule has 1 atom stereocenters. The van der Waals surface area contributed by atoms with Crippen LogP contribution >= 0.6 is 0 Å². The average Bonchev–Trinajstić information content (AvgIpc) is 2.12. The SMILES string of the molecule is CCCC1=NCC(N)(CC)C(N)=C1. The van der Waals surface area contributed by atoms with Crippen LogP contribution in [0.5, 0.6) is 0 Å². The van der Waals surface area contributed by atoms with Gasteiger partial charge >= 0.3 is 0 Å². The molecule has 0 spiro atoms. The second-order valence-corrected chi connectivity index (χ2v) is 3.67. The van der Waals surface area contributed by atoms with Crippen LogP contribution in [0.4, 0.5) is 0 Å². The average molecular weight is 181 g/mol. The zero-order valence-corrected chi connectivity index (χ0v) is 8.51. The summed E-state index contributed by atoms with van der Waals surface area (Å²) in [7, 11) is 0. The molecule has 0 aliphatic carbocycles. The van der Waals surface area contributed by atoms with Crippen LogP contribution in [-0.4, -0.2) is 17.8 Å². The Hall–Kier alpha value is -0.830. The largest absolute Gasteiger partial charge is 0.400 e. The van der Waals surface area contributed by atoms with Crippen molar-refractivity contribution in [3.8, 4) is 0 Å². The summed E-state index contributed by atoms with van der Waals surface area (Å²) in [5.74, 6) is 0. The molecule has 3 heteroatoms. The molecule has 0 aromatic rings. The lowest BCUT2D eigenvalue weighted by Gasteiger charge is -2.30. The molecule has 0 aromatic carbocycles. The molecule has 1 heterocycles. The molecule has 0 fully saturated rings. The Morgan fingerprint density at radius 1 is 1.54 bits per heavy atom. The summed E-state index contributed by atoms with van der Waals surface area (Å²) < 4.78 is 0. The van der Waals surface area contributed by atoms with Crippen LogP contribution in [0.15, 0.2) is 16.8 Å². The molecule has 13 heavy (non-hydrogen) atoms. The molecule has 0 saturated heterocycles. The van der Waals surface area contributed by atoms with E-state index in [1.807, 2.05) is 13.0 Å². The van der Waals surface area contributed by atoms with Crippen LogP contribution in [0.2, 0.25) is 0 Å². The fraction of sp³-hybridized carbons (Fsp3) is 0.700. The predicted molar refractivity (Wildman–Crippen MR) is 56.7 cm³/mol. The maximum Gasteiger partial charge on any atom is 0.0751 e.